The van der Waals surface area contributed by atoms with Gasteiger partial charge in [0.15, 0.2) is 0 Å². The molecule has 1 heterocycles. The van der Waals surface area contributed by atoms with Crippen LogP contribution in [0.15, 0.2) is 23.0 Å². The van der Waals surface area contributed by atoms with Gasteiger partial charge in [0.2, 0.25) is 5.95 Å². The second-order valence-corrected chi connectivity index (χ2v) is 4.80. The van der Waals surface area contributed by atoms with Crippen molar-refractivity contribution in [1.29, 1.82) is 0 Å². The number of hydrogen-bond acceptors (Lipinski definition) is 3. The number of rotatable bonds is 2. The lowest BCUT2D eigenvalue weighted by atomic mass is 10.2. The highest BCUT2D eigenvalue weighted by Gasteiger charge is 2.17. The second-order valence-electron chi connectivity index (χ2n) is 4.80. The second kappa shape index (κ2) is 4.50. The van der Waals surface area contributed by atoms with Crippen LogP contribution in [0.5, 0.6) is 0 Å². The molecule has 1 aliphatic rings. The van der Waals surface area contributed by atoms with Crippen molar-refractivity contribution in [2.24, 2.45) is 0 Å². The third-order valence-electron chi connectivity index (χ3n) is 3.32. The van der Waals surface area contributed by atoms with E-state index in [2.05, 4.69) is 15.3 Å². The molecule has 0 amide bonds. The lowest BCUT2D eigenvalue weighted by Crippen LogP contribution is -2.16. The van der Waals surface area contributed by atoms with Crippen LogP contribution in [0, 0.1) is 12.7 Å². The van der Waals surface area contributed by atoms with Crippen LogP contribution in [0.2, 0.25) is 0 Å². The van der Waals surface area contributed by atoms with Crippen molar-refractivity contribution < 1.29 is 4.39 Å². The molecule has 0 spiro atoms. The predicted molar refractivity (Wildman–Crippen MR) is 71.3 cm³/mol. The van der Waals surface area contributed by atoms with Gasteiger partial charge in [-0.3, -0.25) is 9.78 Å². The minimum absolute atomic E-state index is 0.127. The first-order valence-corrected chi connectivity index (χ1v) is 6.29. The Morgan fingerprint density at radius 2 is 2.21 bits per heavy atom. The van der Waals surface area contributed by atoms with Gasteiger partial charge in [-0.25, -0.2) is 9.37 Å². The first-order chi connectivity index (χ1) is 9.13. The lowest BCUT2D eigenvalue weighted by Gasteiger charge is -2.08. The van der Waals surface area contributed by atoms with Gasteiger partial charge in [0.1, 0.15) is 5.82 Å². The van der Waals surface area contributed by atoms with Crippen molar-refractivity contribution in [1.82, 2.24) is 9.97 Å². The third-order valence-corrected chi connectivity index (χ3v) is 3.32. The summed E-state index contributed by atoms with van der Waals surface area (Å²) >= 11 is 0. The SMILES string of the molecule is Cc1ccc(F)c(Nc2nc3c(c(=O)[nH]2)CCC3)c1. The van der Waals surface area contributed by atoms with Gasteiger partial charge in [0, 0.05) is 5.56 Å². The monoisotopic (exact) mass is 259 g/mol. The smallest absolute Gasteiger partial charge is 0.255 e. The fourth-order valence-corrected chi connectivity index (χ4v) is 2.36. The molecule has 0 bridgehead atoms. The Labute approximate surface area is 109 Å². The molecule has 3 rings (SSSR count). The lowest BCUT2D eigenvalue weighted by molar-refractivity contribution is 0.631. The van der Waals surface area contributed by atoms with Gasteiger partial charge < -0.3 is 5.32 Å². The zero-order valence-electron chi connectivity index (χ0n) is 10.6. The Balaban J connectivity index is 1.98. The van der Waals surface area contributed by atoms with Gasteiger partial charge in [0.25, 0.3) is 5.56 Å². The molecule has 1 aliphatic carbocycles. The van der Waals surface area contributed by atoms with E-state index in [1.807, 2.05) is 6.92 Å². The van der Waals surface area contributed by atoms with Gasteiger partial charge in [0.05, 0.1) is 11.4 Å². The summed E-state index contributed by atoms with van der Waals surface area (Å²) in [5.74, 6) is -0.0658. The van der Waals surface area contributed by atoms with Crippen molar-refractivity contribution in [3.8, 4) is 0 Å². The first kappa shape index (κ1) is 11.9. The molecule has 2 N–H and O–H groups in total. The molecule has 0 atom stereocenters. The molecule has 0 radical (unpaired) electrons. The Kier molecular flexibility index (Phi) is 2.81. The molecule has 2 aromatic rings. The van der Waals surface area contributed by atoms with E-state index in [9.17, 15) is 9.18 Å². The van der Waals surface area contributed by atoms with E-state index in [1.54, 1.807) is 12.1 Å². The highest BCUT2D eigenvalue weighted by atomic mass is 19.1. The van der Waals surface area contributed by atoms with Crippen LogP contribution >= 0.6 is 0 Å². The number of nitrogens with one attached hydrogen (secondary N) is 2. The summed E-state index contributed by atoms with van der Waals surface area (Å²) in [6, 6.07) is 4.77. The summed E-state index contributed by atoms with van der Waals surface area (Å²) in [6.45, 7) is 1.88. The molecule has 5 heteroatoms. The number of anilines is 2. The number of hydrogen-bond donors (Lipinski definition) is 2. The number of fused-ring (bicyclic) bond motifs is 1. The number of aromatic amines is 1. The number of aryl methyl sites for hydroxylation is 2. The quantitative estimate of drug-likeness (QED) is 0.871. The Bertz CT molecular complexity index is 694. The molecular weight excluding hydrogens is 245 g/mol. The van der Waals surface area contributed by atoms with E-state index >= 15 is 0 Å². The highest BCUT2D eigenvalue weighted by Crippen LogP contribution is 2.21. The summed E-state index contributed by atoms with van der Waals surface area (Å²) in [5.41, 5.74) is 2.71. The van der Waals surface area contributed by atoms with Crippen LogP contribution in [0.25, 0.3) is 0 Å². The zero-order chi connectivity index (χ0) is 13.4. The Morgan fingerprint density at radius 1 is 1.37 bits per heavy atom. The van der Waals surface area contributed by atoms with Crippen LogP contribution in [-0.2, 0) is 12.8 Å². The third kappa shape index (κ3) is 2.23. The van der Waals surface area contributed by atoms with E-state index < -0.39 is 0 Å². The van der Waals surface area contributed by atoms with Gasteiger partial charge in [-0.15, -0.1) is 0 Å². The number of benzene rings is 1. The summed E-state index contributed by atoms with van der Waals surface area (Å²) in [6.07, 6.45) is 2.54. The average Bonchev–Trinajstić information content (AvgIpc) is 2.82. The predicted octanol–water partition coefficient (Wildman–Crippen LogP) is 2.45. The van der Waals surface area contributed by atoms with Crippen molar-refractivity contribution in [2.75, 3.05) is 5.32 Å². The van der Waals surface area contributed by atoms with E-state index in [-0.39, 0.29) is 11.4 Å². The van der Waals surface area contributed by atoms with Gasteiger partial charge in [-0.05, 0) is 43.9 Å². The molecule has 0 fully saturated rings. The summed E-state index contributed by atoms with van der Waals surface area (Å²) < 4.78 is 13.6. The fourth-order valence-electron chi connectivity index (χ4n) is 2.36. The van der Waals surface area contributed by atoms with E-state index in [1.165, 1.54) is 6.07 Å². The Hall–Kier alpha value is -2.17. The zero-order valence-corrected chi connectivity index (χ0v) is 10.6. The molecule has 1 aromatic heterocycles. The summed E-state index contributed by atoms with van der Waals surface area (Å²) in [4.78, 5) is 18.8. The van der Waals surface area contributed by atoms with Crippen molar-refractivity contribution in [2.45, 2.75) is 26.2 Å². The van der Waals surface area contributed by atoms with Gasteiger partial charge in [-0.1, -0.05) is 6.07 Å². The normalized spacial score (nSPS) is 13.4. The minimum atomic E-state index is -0.367. The number of H-pyrrole nitrogens is 1. The molecule has 4 nitrogen and oxygen atoms in total. The number of nitrogens with zero attached hydrogens (tertiary/aromatic N) is 1. The molecule has 0 saturated carbocycles. The van der Waals surface area contributed by atoms with Crippen molar-refractivity contribution >= 4 is 11.6 Å². The fraction of sp³-hybridized carbons (Fsp3) is 0.286. The molecule has 0 saturated heterocycles. The van der Waals surface area contributed by atoms with Crippen molar-refractivity contribution in [3.05, 3.63) is 51.2 Å². The summed E-state index contributed by atoms with van der Waals surface area (Å²) in [5, 5.41) is 2.84. The van der Waals surface area contributed by atoms with E-state index in [0.29, 0.717) is 11.6 Å². The largest absolute Gasteiger partial charge is 0.323 e. The molecule has 19 heavy (non-hydrogen) atoms. The van der Waals surface area contributed by atoms with Crippen LogP contribution in [0.4, 0.5) is 16.0 Å². The topological polar surface area (TPSA) is 57.8 Å². The van der Waals surface area contributed by atoms with E-state index in [4.69, 9.17) is 0 Å². The van der Waals surface area contributed by atoms with Gasteiger partial charge >= 0.3 is 0 Å². The molecule has 0 aliphatic heterocycles. The maximum atomic E-state index is 13.6. The summed E-state index contributed by atoms with van der Waals surface area (Å²) in [7, 11) is 0. The van der Waals surface area contributed by atoms with Crippen LogP contribution < -0.4 is 10.9 Å². The van der Waals surface area contributed by atoms with Crippen LogP contribution in [0.3, 0.4) is 0 Å². The Morgan fingerprint density at radius 3 is 3.05 bits per heavy atom. The maximum absolute atomic E-state index is 13.6. The van der Waals surface area contributed by atoms with Gasteiger partial charge in [-0.2, -0.15) is 0 Å². The molecule has 0 unspecified atom stereocenters. The van der Waals surface area contributed by atoms with E-state index in [0.717, 1.165) is 36.1 Å². The molecule has 1 aromatic carbocycles. The standard InChI is InChI=1S/C14H14FN3O/c1-8-5-6-10(15)12(7-8)17-14-16-11-4-2-3-9(11)13(19)18-14/h5-7H,2-4H2,1H3,(H2,16,17,18,19). The minimum Gasteiger partial charge on any atom is -0.323 e. The van der Waals surface area contributed by atoms with Crippen LogP contribution in [-0.4, -0.2) is 9.97 Å². The number of halogens is 1. The highest BCUT2D eigenvalue weighted by molar-refractivity contribution is 5.55. The van der Waals surface area contributed by atoms with Crippen molar-refractivity contribution in [3.63, 3.8) is 0 Å². The molecule has 98 valence electrons. The average molecular weight is 259 g/mol. The maximum Gasteiger partial charge on any atom is 0.255 e. The number of aromatic nitrogens is 2. The first-order valence-electron chi connectivity index (χ1n) is 6.29. The molecular formula is C14H14FN3O. The van der Waals surface area contributed by atoms with Crippen LogP contribution in [0.1, 0.15) is 23.2 Å².